The number of hydrogen-bond donors (Lipinski definition) is 1. The molecule has 0 spiro atoms. The number of carbonyl (C=O) groups excluding carboxylic acids is 1. The van der Waals surface area contributed by atoms with Crippen LogP contribution in [0.2, 0.25) is 0 Å². The predicted molar refractivity (Wildman–Crippen MR) is 119 cm³/mol. The molecule has 1 aromatic heterocycles. The van der Waals surface area contributed by atoms with Gasteiger partial charge in [-0.1, -0.05) is 24.3 Å². The molecule has 0 bridgehead atoms. The molecule has 0 radical (unpaired) electrons. The fourth-order valence-electron chi connectivity index (χ4n) is 3.15. The zero-order valence-electron chi connectivity index (χ0n) is 16.8. The molecule has 152 valence electrons. The van der Waals surface area contributed by atoms with Crippen LogP contribution in [0, 0.1) is 6.92 Å². The lowest BCUT2D eigenvalue weighted by Gasteiger charge is -2.09. The van der Waals surface area contributed by atoms with Gasteiger partial charge in [0.1, 0.15) is 18.1 Å². The molecule has 30 heavy (non-hydrogen) atoms. The minimum absolute atomic E-state index is 0.139. The van der Waals surface area contributed by atoms with Crippen LogP contribution in [0.25, 0.3) is 10.8 Å². The maximum Gasteiger partial charge on any atom is 0.251 e. The number of carbonyl (C=O) groups is 1. The first kappa shape index (κ1) is 19.9. The van der Waals surface area contributed by atoms with Gasteiger partial charge in [0.2, 0.25) is 0 Å². The van der Waals surface area contributed by atoms with Gasteiger partial charge >= 0.3 is 0 Å². The van der Waals surface area contributed by atoms with E-state index in [4.69, 9.17) is 9.47 Å². The van der Waals surface area contributed by atoms with Gasteiger partial charge in [-0.25, -0.2) is 4.98 Å². The van der Waals surface area contributed by atoms with Crippen molar-refractivity contribution in [2.75, 3.05) is 7.11 Å². The number of nitrogens with zero attached hydrogens (tertiary/aromatic N) is 1. The van der Waals surface area contributed by atoms with Crippen molar-refractivity contribution in [3.05, 3.63) is 87.9 Å². The Morgan fingerprint density at radius 3 is 2.67 bits per heavy atom. The van der Waals surface area contributed by atoms with Gasteiger partial charge in [0.05, 0.1) is 17.8 Å². The van der Waals surface area contributed by atoms with E-state index >= 15 is 0 Å². The number of thiazole rings is 1. The summed E-state index contributed by atoms with van der Waals surface area (Å²) in [5.74, 6) is 1.34. The van der Waals surface area contributed by atoms with Crippen LogP contribution in [0.1, 0.15) is 26.6 Å². The summed E-state index contributed by atoms with van der Waals surface area (Å²) >= 11 is 1.59. The summed E-state index contributed by atoms with van der Waals surface area (Å²) in [6.45, 7) is 2.80. The lowest BCUT2D eigenvalue weighted by atomic mass is 10.1. The number of nitrogens with one attached hydrogen (secondary N) is 1. The van der Waals surface area contributed by atoms with Crippen molar-refractivity contribution in [1.82, 2.24) is 10.3 Å². The zero-order chi connectivity index (χ0) is 20.9. The molecular weight excluding hydrogens is 396 g/mol. The van der Waals surface area contributed by atoms with Gasteiger partial charge in [0.25, 0.3) is 5.91 Å². The van der Waals surface area contributed by atoms with E-state index < -0.39 is 0 Å². The van der Waals surface area contributed by atoms with E-state index in [9.17, 15) is 4.79 Å². The van der Waals surface area contributed by atoms with Crippen molar-refractivity contribution in [2.45, 2.75) is 20.1 Å². The quantitative estimate of drug-likeness (QED) is 0.452. The fraction of sp³-hybridized carbons (Fsp3) is 0.167. The van der Waals surface area contributed by atoms with E-state index in [0.29, 0.717) is 24.5 Å². The molecule has 0 fully saturated rings. The Bertz CT molecular complexity index is 1190. The number of aryl methyl sites for hydroxylation is 1. The van der Waals surface area contributed by atoms with E-state index in [1.165, 1.54) is 0 Å². The van der Waals surface area contributed by atoms with Gasteiger partial charge in [-0.15, -0.1) is 11.3 Å². The standard InChI is InChI=1S/C24H22N2O3S/c1-16-26-21(15-30-16)14-29-23-5-3-4-20(12-23)24(27)25-13-17-6-7-19-11-22(28-2)9-8-18(19)10-17/h3-12,15H,13-14H2,1-2H3,(H,25,27). The minimum atomic E-state index is -0.139. The molecule has 1 N–H and O–H groups in total. The number of ether oxygens (including phenoxy) is 2. The average molecular weight is 419 g/mol. The average Bonchev–Trinajstić information content (AvgIpc) is 3.20. The number of benzene rings is 3. The fourth-order valence-corrected chi connectivity index (χ4v) is 3.75. The molecule has 0 atom stereocenters. The van der Waals surface area contributed by atoms with Gasteiger partial charge in [-0.2, -0.15) is 0 Å². The first-order valence-electron chi connectivity index (χ1n) is 9.59. The summed E-state index contributed by atoms with van der Waals surface area (Å²) in [4.78, 5) is 17.0. The molecule has 0 saturated heterocycles. The van der Waals surface area contributed by atoms with Crippen LogP contribution >= 0.6 is 11.3 Å². The van der Waals surface area contributed by atoms with E-state index in [1.807, 2.05) is 54.8 Å². The summed E-state index contributed by atoms with van der Waals surface area (Å²) in [5, 5.41) is 8.17. The molecule has 1 amide bonds. The first-order chi connectivity index (χ1) is 14.6. The van der Waals surface area contributed by atoms with Crippen LogP contribution in [-0.4, -0.2) is 18.0 Å². The normalized spacial score (nSPS) is 10.7. The van der Waals surface area contributed by atoms with Gasteiger partial charge < -0.3 is 14.8 Å². The number of amides is 1. The Morgan fingerprint density at radius 2 is 1.87 bits per heavy atom. The highest BCUT2D eigenvalue weighted by molar-refractivity contribution is 7.09. The van der Waals surface area contributed by atoms with Crippen molar-refractivity contribution < 1.29 is 14.3 Å². The van der Waals surface area contributed by atoms with Crippen LogP contribution in [0.3, 0.4) is 0 Å². The van der Waals surface area contributed by atoms with Crippen LogP contribution in [0.15, 0.2) is 66.0 Å². The van der Waals surface area contributed by atoms with Crippen molar-refractivity contribution in [3.63, 3.8) is 0 Å². The van der Waals surface area contributed by atoms with Crippen LogP contribution in [0.5, 0.6) is 11.5 Å². The maximum absolute atomic E-state index is 12.6. The van der Waals surface area contributed by atoms with Crippen LogP contribution < -0.4 is 14.8 Å². The van der Waals surface area contributed by atoms with E-state index in [1.54, 1.807) is 30.6 Å². The molecule has 4 aromatic rings. The van der Waals surface area contributed by atoms with E-state index in [0.717, 1.165) is 32.8 Å². The third-order valence-electron chi connectivity index (χ3n) is 4.71. The van der Waals surface area contributed by atoms with Gasteiger partial charge in [-0.05, 0) is 59.7 Å². The Morgan fingerprint density at radius 1 is 1.03 bits per heavy atom. The number of hydrogen-bond acceptors (Lipinski definition) is 5. The second-order valence-electron chi connectivity index (χ2n) is 6.90. The van der Waals surface area contributed by atoms with Crippen molar-refractivity contribution in [1.29, 1.82) is 0 Å². The number of fused-ring (bicyclic) bond motifs is 1. The topological polar surface area (TPSA) is 60.5 Å². The van der Waals surface area contributed by atoms with Crippen LogP contribution in [0.4, 0.5) is 0 Å². The lowest BCUT2D eigenvalue weighted by Crippen LogP contribution is -2.22. The number of methoxy groups -OCH3 is 1. The molecule has 5 nitrogen and oxygen atoms in total. The molecule has 0 aliphatic heterocycles. The van der Waals surface area contributed by atoms with Crippen molar-refractivity contribution >= 4 is 28.0 Å². The van der Waals surface area contributed by atoms with Gasteiger partial charge in [0.15, 0.2) is 0 Å². The molecule has 0 saturated carbocycles. The third-order valence-corrected chi connectivity index (χ3v) is 5.54. The number of aromatic nitrogens is 1. The molecule has 0 unspecified atom stereocenters. The zero-order valence-corrected chi connectivity index (χ0v) is 17.7. The highest BCUT2D eigenvalue weighted by Gasteiger charge is 2.08. The second-order valence-corrected chi connectivity index (χ2v) is 7.97. The van der Waals surface area contributed by atoms with Crippen molar-refractivity contribution in [3.8, 4) is 11.5 Å². The largest absolute Gasteiger partial charge is 0.497 e. The van der Waals surface area contributed by atoms with Crippen LogP contribution in [-0.2, 0) is 13.2 Å². The first-order valence-corrected chi connectivity index (χ1v) is 10.5. The Hall–Kier alpha value is -3.38. The predicted octanol–water partition coefficient (Wildman–Crippen LogP) is 5.12. The van der Waals surface area contributed by atoms with Crippen molar-refractivity contribution in [2.24, 2.45) is 0 Å². The number of rotatable bonds is 7. The maximum atomic E-state index is 12.6. The summed E-state index contributed by atoms with van der Waals surface area (Å²) in [5.41, 5.74) is 2.49. The highest BCUT2D eigenvalue weighted by atomic mass is 32.1. The monoisotopic (exact) mass is 418 g/mol. The molecule has 0 aliphatic rings. The summed E-state index contributed by atoms with van der Waals surface area (Å²) < 4.78 is 11.0. The summed E-state index contributed by atoms with van der Waals surface area (Å²) in [6, 6.07) is 19.3. The third kappa shape index (κ3) is 4.78. The molecule has 3 aromatic carbocycles. The van der Waals surface area contributed by atoms with E-state index in [2.05, 4.69) is 16.4 Å². The Kier molecular flexibility index (Phi) is 5.95. The summed E-state index contributed by atoms with van der Waals surface area (Å²) in [6.07, 6.45) is 0. The Labute approximate surface area is 179 Å². The SMILES string of the molecule is COc1ccc2cc(CNC(=O)c3cccc(OCc4csc(C)n4)c3)ccc2c1. The smallest absolute Gasteiger partial charge is 0.251 e. The molecule has 4 rings (SSSR count). The molecule has 0 aliphatic carbocycles. The second kappa shape index (κ2) is 8.97. The highest BCUT2D eigenvalue weighted by Crippen LogP contribution is 2.22. The lowest BCUT2D eigenvalue weighted by molar-refractivity contribution is 0.0950. The molecular formula is C24H22N2O3S. The molecule has 1 heterocycles. The van der Waals surface area contributed by atoms with Gasteiger partial charge in [-0.3, -0.25) is 4.79 Å². The Balaban J connectivity index is 1.38. The summed E-state index contributed by atoms with van der Waals surface area (Å²) in [7, 11) is 1.66. The minimum Gasteiger partial charge on any atom is -0.497 e. The molecule has 6 heteroatoms. The van der Waals surface area contributed by atoms with Gasteiger partial charge in [0, 0.05) is 17.5 Å². The van der Waals surface area contributed by atoms with E-state index in [-0.39, 0.29) is 5.91 Å².